The van der Waals surface area contributed by atoms with Crippen molar-refractivity contribution >= 4 is 35.4 Å². The lowest BCUT2D eigenvalue weighted by Gasteiger charge is -2.27. The zero-order valence-electron chi connectivity index (χ0n) is 22.0. The van der Waals surface area contributed by atoms with E-state index in [4.69, 9.17) is 0 Å². The highest BCUT2D eigenvalue weighted by Crippen LogP contribution is 2.26. The van der Waals surface area contributed by atoms with E-state index in [9.17, 15) is 28.8 Å². The molecule has 1 N–H and O–H groups in total. The summed E-state index contributed by atoms with van der Waals surface area (Å²) in [6, 6.07) is -0.0268. The highest BCUT2D eigenvalue weighted by atomic mass is 16.2. The van der Waals surface area contributed by atoms with E-state index < -0.39 is 23.7 Å². The van der Waals surface area contributed by atoms with Crippen LogP contribution in [0.4, 0.5) is 0 Å². The van der Waals surface area contributed by atoms with Gasteiger partial charge in [-0.3, -0.25) is 38.6 Å². The van der Waals surface area contributed by atoms with Gasteiger partial charge in [-0.05, 0) is 12.8 Å². The average molecular weight is 493 g/mol. The maximum Gasteiger partial charge on any atom is 0.232 e. The van der Waals surface area contributed by atoms with Gasteiger partial charge < -0.3 is 10.2 Å². The monoisotopic (exact) mass is 492 g/mol. The average Bonchev–Trinajstić information content (AvgIpc) is 3.11. The Hall–Kier alpha value is -2.78. The Morgan fingerprint density at radius 2 is 1.11 bits per heavy atom. The molecular formula is C25H40N4O6. The fourth-order valence-corrected chi connectivity index (χ4v) is 4.17. The van der Waals surface area contributed by atoms with Crippen LogP contribution >= 0.6 is 0 Å². The van der Waals surface area contributed by atoms with E-state index in [1.807, 2.05) is 20.8 Å². The lowest BCUT2D eigenvalue weighted by molar-refractivity contribution is -0.142. The summed E-state index contributed by atoms with van der Waals surface area (Å²) >= 11 is 0. The minimum atomic E-state index is -0.416. The Morgan fingerprint density at radius 3 is 1.46 bits per heavy atom. The van der Waals surface area contributed by atoms with Gasteiger partial charge in [-0.1, -0.05) is 41.5 Å². The Labute approximate surface area is 207 Å². The highest BCUT2D eigenvalue weighted by molar-refractivity contribution is 6.05. The molecule has 2 rings (SSSR count). The smallest absolute Gasteiger partial charge is 0.232 e. The van der Waals surface area contributed by atoms with Gasteiger partial charge in [0.25, 0.3) is 0 Å². The van der Waals surface area contributed by atoms with Crippen molar-refractivity contribution in [2.24, 2.45) is 29.6 Å². The van der Waals surface area contributed by atoms with Crippen LogP contribution in [0.15, 0.2) is 0 Å². The molecule has 0 aromatic heterocycles. The van der Waals surface area contributed by atoms with Crippen molar-refractivity contribution in [3.63, 3.8) is 0 Å². The third-order valence-electron chi connectivity index (χ3n) is 7.62. The first-order valence-electron chi connectivity index (χ1n) is 12.5. The van der Waals surface area contributed by atoms with E-state index in [1.165, 1.54) is 14.7 Å². The minimum absolute atomic E-state index is 0.00230. The maximum absolute atomic E-state index is 13.0. The molecule has 0 aliphatic carbocycles. The summed E-state index contributed by atoms with van der Waals surface area (Å²) in [5.41, 5.74) is 0. The number of nitrogens with zero attached hydrogens (tertiary/aromatic N) is 3. The third kappa shape index (κ3) is 6.46. The van der Waals surface area contributed by atoms with Crippen LogP contribution in [0.25, 0.3) is 0 Å². The molecule has 0 aromatic carbocycles. The molecule has 0 bridgehead atoms. The number of likely N-dealkylation sites (tertiary alicyclic amines) is 2. The fraction of sp³-hybridized carbons (Fsp3) is 0.760. The van der Waals surface area contributed by atoms with Crippen molar-refractivity contribution in [3.05, 3.63) is 0 Å². The number of hydrogen-bond acceptors (Lipinski definition) is 6. The third-order valence-corrected chi connectivity index (χ3v) is 7.62. The van der Waals surface area contributed by atoms with Gasteiger partial charge in [0.15, 0.2) is 0 Å². The molecule has 196 valence electrons. The molecule has 5 atom stereocenters. The van der Waals surface area contributed by atoms with E-state index in [1.54, 1.807) is 27.7 Å². The summed E-state index contributed by atoms with van der Waals surface area (Å²) in [6.07, 6.45) is -0.0578. The van der Waals surface area contributed by atoms with Gasteiger partial charge in [-0.25, -0.2) is 0 Å². The summed E-state index contributed by atoms with van der Waals surface area (Å²) in [5, 5.41) is 2.86. The molecule has 5 unspecified atom stereocenters. The van der Waals surface area contributed by atoms with Crippen molar-refractivity contribution in [2.45, 2.75) is 67.3 Å². The predicted molar refractivity (Wildman–Crippen MR) is 128 cm³/mol. The topological polar surface area (TPSA) is 124 Å². The van der Waals surface area contributed by atoms with Gasteiger partial charge >= 0.3 is 0 Å². The summed E-state index contributed by atoms with van der Waals surface area (Å²) < 4.78 is 0. The molecule has 10 heteroatoms. The van der Waals surface area contributed by atoms with Crippen molar-refractivity contribution in [3.8, 4) is 0 Å². The predicted octanol–water partition coefficient (Wildman–Crippen LogP) is 1.04. The Kier molecular flexibility index (Phi) is 9.57. The summed E-state index contributed by atoms with van der Waals surface area (Å²) in [6.45, 7) is 12.9. The minimum Gasteiger partial charge on any atom is -0.353 e. The van der Waals surface area contributed by atoms with Crippen molar-refractivity contribution in [2.75, 3.05) is 26.2 Å². The Morgan fingerprint density at radius 1 is 0.743 bits per heavy atom. The molecule has 0 aromatic rings. The van der Waals surface area contributed by atoms with E-state index in [2.05, 4.69) is 5.32 Å². The first-order valence-corrected chi connectivity index (χ1v) is 12.5. The standard InChI is InChI=1S/C25H40N4O6/c1-14(2)19(7)26-20(30)8-9-21(31)27(10-12-28-22(32)15(3)16(4)23(28)33)11-13-29-24(34)17(5)18(6)25(29)35/h14-19H,8-13H2,1-7H3,(H,26,30). The van der Waals surface area contributed by atoms with Crippen LogP contribution in [-0.2, 0) is 28.8 Å². The Balaban J connectivity index is 2.05. The van der Waals surface area contributed by atoms with Crippen LogP contribution in [0.3, 0.4) is 0 Å². The van der Waals surface area contributed by atoms with Crippen molar-refractivity contribution < 1.29 is 28.8 Å². The largest absolute Gasteiger partial charge is 0.353 e. The zero-order chi connectivity index (χ0) is 26.6. The first-order chi connectivity index (χ1) is 16.3. The number of carbonyl (C=O) groups is 6. The molecule has 0 spiro atoms. The first kappa shape index (κ1) is 28.5. The van der Waals surface area contributed by atoms with Crippen LogP contribution in [0.5, 0.6) is 0 Å². The number of rotatable bonds is 11. The van der Waals surface area contributed by atoms with Crippen molar-refractivity contribution in [1.29, 1.82) is 0 Å². The Bertz CT molecular complexity index is 784. The van der Waals surface area contributed by atoms with Crippen LogP contribution in [0.2, 0.25) is 0 Å². The van der Waals surface area contributed by atoms with Gasteiger partial charge in [-0.15, -0.1) is 0 Å². The second-order valence-corrected chi connectivity index (χ2v) is 10.3. The van der Waals surface area contributed by atoms with Crippen LogP contribution in [0.1, 0.15) is 61.3 Å². The number of amides is 6. The molecule has 2 saturated heterocycles. The summed E-state index contributed by atoms with van der Waals surface area (Å²) in [7, 11) is 0. The molecule has 0 radical (unpaired) electrons. The van der Waals surface area contributed by atoms with E-state index >= 15 is 0 Å². The van der Waals surface area contributed by atoms with E-state index in [0.29, 0.717) is 0 Å². The molecular weight excluding hydrogens is 452 g/mol. The molecule has 2 heterocycles. The molecule has 10 nitrogen and oxygen atoms in total. The molecule has 2 fully saturated rings. The second-order valence-electron chi connectivity index (χ2n) is 10.3. The van der Waals surface area contributed by atoms with Gasteiger partial charge in [-0.2, -0.15) is 0 Å². The summed E-state index contributed by atoms with van der Waals surface area (Å²) in [4.78, 5) is 78.9. The summed E-state index contributed by atoms with van der Waals surface area (Å²) in [5.74, 6) is -3.07. The second kappa shape index (κ2) is 11.8. The van der Waals surface area contributed by atoms with Crippen LogP contribution in [-0.4, -0.2) is 82.4 Å². The quantitative estimate of drug-likeness (QED) is 0.430. The van der Waals surface area contributed by atoms with Gasteiger partial charge in [0.1, 0.15) is 0 Å². The molecule has 2 aliphatic heterocycles. The maximum atomic E-state index is 13.0. The lowest BCUT2D eigenvalue weighted by Crippen LogP contribution is -2.45. The molecule has 6 amide bonds. The fourth-order valence-electron chi connectivity index (χ4n) is 4.17. The SMILES string of the molecule is CC(C)C(C)NC(=O)CCC(=O)N(CCN1C(=O)C(C)C(C)C1=O)CCN1C(=O)C(C)C(C)C1=O. The highest BCUT2D eigenvalue weighted by Gasteiger charge is 2.43. The van der Waals surface area contributed by atoms with Gasteiger partial charge in [0.05, 0.1) is 0 Å². The molecule has 35 heavy (non-hydrogen) atoms. The molecule has 0 saturated carbocycles. The number of hydrogen-bond donors (Lipinski definition) is 1. The lowest BCUT2D eigenvalue weighted by atomic mass is 10.00. The number of imide groups is 2. The van der Waals surface area contributed by atoms with Gasteiger partial charge in [0, 0.05) is 68.7 Å². The molecule has 2 aliphatic rings. The number of carbonyl (C=O) groups excluding carboxylic acids is 6. The zero-order valence-corrected chi connectivity index (χ0v) is 22.0. The van der Waals surface area contributed by atoms with E-state index in [0.717, 1.165) is 0 Å². The number of nitrogens with one attached hydrogen (secondary N) is 1. The van der Waals surface area contributed by atoms with Crippen LogP contribution < -0.4 is 5.32 Å². The van der Waals surface area contributed by atoms with Crippen molar-refractivity contribution in [1.82, 2.24) is 20.0 Å². The van der Waals surface area contributed by atoms with Gasteiger partial charge in [0.2, 0.25) is 35.4 Å². The van der Waals surface area contributed by atoms with Crippen LogP contribution in [0, 0.1) is 29.6 Å². The van der Waals surface area contributed by atoms with E-state index in [-0.39, 0.29) is 86.4 Å². The normalized spacial score (nSPS) is 25.6.